The van der Waals surface area contributed by atoms with Crippen molar-refractivity contribution in [2.75, 3.05) is 24.6 Å². The third-order valence-corrected chi connectivity index (χ3v) is 4.90. The number of H-pyrrole nitrogens is 2. The minimum atomic E-state index is -0.745. The number of nitrogens with zero attached hydrogens (tertiary/aromatic N) is 3. The van der Waals surface area contributed by atoms with Gasteiger partial charge in [-0.05, 0) is 19.4 Å². The van der Waals surface area contributed by atoms with Gasteiger partial charge in [-0.1, -0.05) is 0 Å². The lowest BCUT2D eigenvalue weighted by Crippen LogP contribution is -2.33. The van der Waals surface area contributed by atoms with E-state index in [-0.39, 0.29) is 35.1 Å². The van der Waals surface area contributed by atoms with Gasteiger partial charge in [0, 0.05) is 37.7 Å². The van der Waals surface area contributed by atoms with Gasteiger partial charge in [0.2, 0.25) is 5.43 Å². The first-order chi connectivity index (χ1) is 14.1. The molecule has 1 unspecified atom stereocenters. The van der Waals surface area contributed by atoms with E-state index in [0.29, 0.717) is 19.6 Å². The maximum Gasteiger partial charge on any atom is 0.343 e. The molecule has 0 aromatic carbocycles. The first-order valence-electron chi connectivity index (χ1n) is 9.42. The van der Waals surface area contributed by atoms with Gasteiger partial charge in [0.1, 0.15) is 17.0 Å². The highest BCUT2D eigenvalue weighted by Gasteiger charge is 2.26. The van der Waals surface area contributed by atoms with E-state index in [1.807, 2.05) is 4.90 Å². The lowest BCUT2D eigenvalue weighted by atomic mass is 10.2. The van der Waals surface area contributed by atoms with Gasteiger partial charge in [0.25, 0.3) is 0 Å². The Bertz CT molecular complexity index is 1080. The molecular formula is C19H21FN6O3. The number of rotatable bonds is 6. The summed E-state index contributed by atoms with van der Waals surface area (Å²) in [5.41, 5.74) is -0.544. The van der Waals surface area contributed by atoms with E-state index in [1.54, 1.807) is 19.3 Å². The molecule has 0 aliphatic carbocycles. The molecule has 0 spiro atoms. The summed E-state index contributed by atoms with van der Waals surface area (Å²) in [4.78, 5) is 40.6. The number of hydrogen-bond acceptors (Lipinski definition) is 7. The SMILES string of the molecule is CCOC(=O)c1c[nH]c2nc(N3CCC(NCc4ncc[nH]4)C3)c(F)cc2c1=O. The molecule has 3 aromatic heterocycles. The van der Waals surface area contributed by atoms with Gasteiger partial charge < -0.3 is 24.9 Å². The third kappa shape index (κ3) is 3.83. The van der Waals surface area contributed by atoms with Gasteiger partial charge in [-0.3, -0.25) is 4.79 Å². The number of fused-ring (bicyclic) bond motifs is 1. The lowest BCUT2D eigenvalue weighted by molar-refractivity contribution is 0.0524. The summed E-state index contributed by atoms with van der Waals surface area (Å²) in [5.74, 6) is -0.325. The van der Waals surface area contributed by atoms with Crippen LogP contribution >= 0.6 is 0 Å². The summed E-state index contributed by atoms with van der Waals surface area (Å²) < 4.78 is 19.6. The molecule has 1 saturated heterocycles. The van der Waals surface area contributed by atoms with Crippen molar-refractivity contribution in [2.24, 2.45) is 0 Å². The van der Waals surface area contributed by atoms with Crippen LogP contribution in [0.4, 0.5) is 10.2 Å². The van der Waals surface area contributed by atoms with Crippen LogP contribution in [0.15, 0.2) is 29.5 Å². The Hall–Kier alpha value is -3.27. The largest absolute Gasteiger partial charge is 0.462 e. The molecule has 10 heteroatoms. The average molecular weight is 400 g/mol. The third-order valence-electron chi connectivity index (χ3n) is 4.90. The van der Waals surface area contributed by atoms with E-state index in [2.05, 4.69) is 25.3 Å². The molecular weight excluding hydrogens is 379 g/mol. The maximum atomic E-state index is 14.8. The van der Waals surface area contributed by atoms with E-state index >= 15 is 0 Å². The molecule has 3 N–H and O–H groups in total. The predicted octanol–water partition coefficient (Wildman–Crippen LogP) is 1.33. The second-order valence-corrected chi connectivity index (χ2v) is 6.79. The highest BCUT2D eigenvalue weighted by atomic mass is 19.1. The Morgan fingerprint density at radius 1 is 1.45 bits per heavy atom. The van der Waals surface area contributed by atoms with Crippen LogP contribution in [0.25, 0.3) is 11.0 Å². The van der Waals surface area contributed by atoms with E-state index in [1.165, 1.54) is 6.20 Å². The Morgan fingerprint density at radius 2 is 2.31 bits per heavy atom. The monoisotopic (exact) mass is 400 g/mol. The van der Waals surface area contributed by atoms with Crippen molar-refractivity contribution < 1.29 is 13.9 Å². The van der Waals surface area contributed by atoms with Crippen LogP contribution in [0.3, 0.4) is 0 Å². The van der Waals surface area contributed by atoms with Crippen molar-refractivity contribution in [3.8, 4) is 0 Å². The molecule has 1 aliphatic rings. The van der Waals surface area contributed by atoms with Crippen molar-refractivity contribution in [3.05, 3.63) is 52.1 Å². The van der Waals surface area contributed by atoms with Crippen LogP contribution in [0.5, 0.6) is 0 Å². The highest BCUT2D eigenvalue weighted by Crippen LogP contribution is 2.24. The molecule has 0 bridgehead atoms. The molecule has 0 saturated carbocycles. The number of carbonyl (C=O) groups excluding carboxylic acids is 1. The maximum absolute atomic E-state index is 14.8. The van der Waals surface area contributed by atoms with E-state index in [4.69, 9.17) is 4.74 Å². The summed E-state index contributed by atoms with van der Waals surface area (Å²) >= 11 is 0. The van der Waals surface area contributed by atoms with Crippen LogP contribution in [-0.4, -0.2) is 51.6 Å². The number of hydrogen-bond donors (Lipinski definition) is 3. The van der Waals surface area contributed by atoms with Gasteiger partial charge in [0.05, 0.1) is 18.5 Å². The number of ether oxygens (including phenoxy) is 1. The number of anilines is 1. The first kappa shape index (κ1) is 19.1. The smallest absolute Gasteiger partial charge is 0.343 e. The Labute approximate surface area is 165 Å². The zero-order valence-corrected chi connectivity index (χ0v) is 15.9. The molecule has 0 amide bonds. The fourth-order valence-electron chi connectivity index (χ4n) is 3.45. The summed E-state index contributed by atoms with van der Waals surface area (Å²) in [6, 6.07) is 1.30. The number of esters is 1. The predicted molar refractivity (Wildman–Crippen MR) is 104 cm³/mol. The topological polar surface area (TPSA) is 116 Å². The zero-order chi connectivity index (χ0) is 20.4. The van der Waals surface area contributed by atoms with Crippen LogP contribution in [0, 0.1) is 5.82 Å². The van der Waals surface area contributed by atoms with Crippen LogP contribution in [0.1, 0.15) is 29.5 Å². The number of imidazole rings is 1. The standard InChI is InChI=1S/C19H21FN6O3/c1-2-29-19(28)13-8-24-17-12(16(13)27)7-14(20)18(25-17)26-6-3-11(10-26)23-9-15-21-4-5-22-15/h4-5,7-8,11,23H,2-3,6,9-10H2,1H3,(H,21,22)(H,24,25,27). The summed E-state index contributed by atoms with van der Waals surface area (Å²) in [7, 11) is 0. The minimum absolute atomic E-state index is 0.0171. The number of aromatic amines is 2. The quantitative estimate of drug-likeness (QED) is 0.535. The van der Waals surface area contributed by atoms with Gasteiger partial charge >= 0.3 is 5.97 Å². The Balaban J connectivity index is 1.54. The minimum Gasteiger partial charge on any atom is -0.462 e. The van der Waals surface area contributed by atoms with Crippen LogP contribution in [0.2, 0.25) is 0 Å². The molecule has 4 heterocycles. The van der Waals surface area contributed by atoms with Gasteiger partial charge in [-0.15, -0.1) is 0 Å². The van der Waals surface area contributed by atoms with Crippen LogP contribution < -0.4 is 15.6 Å². The fourth-order valence-corrected chi connectivity index (χ4v) is 3.45. The molecule has 1 aliphatic heterocycles. The zero-order valence-electron chi connectivity index (χ0n) is 15.9. The summed E-state index contributed by atoms with van der Waals surface area (Å²) in [6.07, 6.45) is 5.55. The summed E-state index contributed by atoms with van der Waals surface area (Å²) in [6.45, 7) is 3.61. The van der Waals surface area contributed by atoms with Crippen molar-refractivity contribution in [1.82, 2.24) is 25.3 Å². The summed E-state index contributed by atoms with van der Waals surface area (Å²) in [5, 5.41) is 3.40. The van der Waals surface area contributed by atoms with E-state index < -0.39 is 17.2 Å². The molecule has 1 fully saturated rings. The van der Waals surface area contributed by atoms with Crippen molar-refractivity contribution >= 4 is 22.8 Å². The Morgan fingerprint density at radius 3 is 3.07 bits per heavy atom. The second-order valence-electron chi connectivity index (χ2n) is 6.79. The molecule has 1 atom stereocenters. The van der Waals surface area contributed by atoms with Crippen LogP contribution in [-0.2, 0) is 11.3 Å². The average Bonchev–Trinajstić information content (AvgIpc) is 3.39. The molecule has 9 nitrogen and oxygen atoms in total. The van der Waals surface area contributed by atoms with E-state index in [9.17, 15) is 14.0 Å². The molecule has 152 valence electrons. The highest BCUT2D eigenvalue weighted by molar-refractivity contribution is 5.93. The second kappa shape index (κ2) is 8.00. The number of pyridine rings is 2. The van der Waals surface area contributed by atoms with Crippen molar-refractivity contribution in [3.63, 3.8) is 0 Å². The molecule has 0 radical (unpaired) electrons. The van der Waals surface area contributed by atoms with Crippen molar-refractivity contribution in [1.29, 1.82) is 0 Å². The molecule has 4 rings (SSSR count). The van der Waals surface area contributed by atoms with Gasteiger partial charge in [0.15, 0.2) is 11.6 Å². The first-order valence-corrected chi connectivity index (χ1v) is 9.42. The molecule has 3 aromatic rings. The number of aromatic nitrogens is 4. The van der Waals surface area contributed by atoms with Crippen molar-refractivity contribution in [2.45, 2.75) is 25.9 Å². The number of carbonyl (C=O) groups is 1. The van der Waals surface area contributed by atoms with Gasteiger partial charge in [-0.25, -0.2) is 19.2 Å². The fraction of sp³-hybridized carbons (Fsp3) is 0.368. The lowest BCUT2D eigenvalue weighted by Gasteiger charge is -2.19. The Kier molecular flexibility index (Phi) is 5.26. The van der Waals surface area contributed by atoms with Gasteiger partial charge in [-0.2, -0.15) is 0 Å². The number of nitrogens with one attached hydrogen (secondary N) is 3. The normalized spacial score (nSPS) is 16.5. The van der Waals surface area contributed by atoms with E-state index in [0.717, 1.165) is 18.3 Å². The number of halogens is 1. The molecule has 29 heavy (non-hydrogen) atoms.